The fourth-order valence-corrected chi connectivity index (χ4v) is 1.14. The van der Waals surface area contributed by atoms with Crippen LogP contribution in [0.4, 0.5) is 0 Å². The zero-order chi connectivity index (χ0) is 10.2. The molecule has 0 saturated heterocycles. The number of nitrogens with zero attached hydrogens (tertiary/aromatic N) is 1. The maximum Gasteiger partial charge on any atom is 0.341 e. The lowest BCUT2D eigenvalue weighted by atomic mass is 9.89. The topological polar surface area (TPSA) is 63.3 Å². The van der Waals surface area contributed by atoms with Crippen LogP contribution >= 0.6 is 0 Å². The maximum atomic E-state index is 10.9. The van der Waals surface area contributed by atoms with Gasteiger partial charge in [-0.05, 0) is 6.92 Å². The van der Waals surface area contributed by atoms with Crippen LogP contribution in [0.1, 0.15) is 42.6 Å². The van der Waals surface area contributed by atoms with Crippen LogP contribution in [0.5, 0.6) is 0 Å². The van der Waals surface area contributed by atoms with E-state index >= 15 is 0 Å². The monoisotopic (exact) mass is 183 g/mol. The first-order valence-electron chi connectivity index (χ1n) is 4.04. The molecule has 1 aromatic rings. The van der Waals surface area contributed by atoms with Gasteiger partial charge >= 0.3 is 5.97 Å². The minimum absolute atomic E-state index is 0.188. The lowest BCUT2D eigenvalue weighted by Gasteiger charge is -2.14. The minimum atomic E-state index is -0.983. The molecule has 4 heteroatoms. The molecule has 0 bridgehead atoms. The van der Waals surface area contributed by atoms with E-state index in [2.05, 4.69) is 5.16 Å². The van der Waals surface area contributed by atoms with Crippen LogP contribution in [0.3, 0.4) is 0 Å². The molecule has 4 nitrogen and oxygen atoms in total. The van der Waals surface area contributed by atoms with Crippen molar-refractivity contribution in [1.82, 2.24) is 5.16 Å². The Morgan fingerprint density at radius 2 is 2.00 bits per heavy atom. The highest BCUT2D eigenvalue weighted by atomic mass is 16.5. The van der Waals surface area contributed by atoms with Crippen LogP contribution in [0, 0.1) is 6.92 Å². The van der Waals surface area contributed by atoms with Gasteiger partial charge in [-0.15, -0.1) is 0 Å². The van der Waals surface area contributed by atoms with Crippen molar-refractivity contribution in [2.75, 3.05) is 0 Å². The molecule has 0 fully saturated rings. The number of aromatic carboxylic acids is 1. The average molecular weight is 183 g/mol. The van der Waals surface area contributed by atoms with E-state index in [1.807, 2.05) is 20.8 Å². The maximum absolute atomic E-state index is 10.9. The lowest BCUT2D eigenvalue weighted by molar-refractivity contribution is 0.0692. The molecule has 0 saturated carbocycles. The Balaban J connectivity index is 3.31. The lowest BCUT2D eigenvalue weighted by Crippen LogP contribution is -2.16. The van der Waals surface area contributed by atoms with Gasteiger partial charge in [-0.25, -0.2) is 4.79 Å². The van der Waals surface area contributed by atoms with Crippen molar-refractivity contribution in [2.24, 2.45) is 0 Å². The predicted molar refractivity (Wildman–Crippen MR) is 46.9 cm³/mol. The number of carboxylic acids is 1. The highest BCUT2D eigenvalue weighted by Crippen LogP contribution is 2.26. The van der Waals surface area contributed by atoms with Crippen molar-refractivity contribution in [3.05, 3.63) is 17.0 Å². The summed E-state index contributed by atoms with van der Waals surface area (Å²) in [6.07, 6.45) is 0. The summed E-state index contributed by atoms with van der Waals surface area (Å²) in [7, 11) is 0. The third-order valence-electron chi connectivity index (χ3n) is 1.79. The molecule has 0 unspecified atom stereocenters. The summed E-state index contributed by atoms with van der Waals surface area (Å²) in [5.74, 6) is -0.624. The van der Waals surface area contributed by atoms with E-state index in [4.69, 9.17) is 9.63 Å². The van der Waals surface area contributed by atoms with Crippen LogP contribution < -0.4 is 0 Å². The van der Waals surface area contributed by atoms with Gasteiger partial charge in [0.05, 0.1) is 0 Å². The Labute approximate surface area is 76.5 Å². The van der Waals surface area contributed by atoms with E-state index in [9.17, 15) is 4.79 Å². The molecule has 1 aromatic heterocycles. The number of carboxylic acid groups (broad SMARTS) is 1. The fraction of sp³-hybridized carbons (Fsp3) is 0.556. The number of aryl methyl sites for hydroxylation is 1. The van der Waals surface area contributed by atoms with Gasteiger partial charge in [0, 0.05) is 5.41 Å². The third-order valence-corrected chi connectivity index (χ3v) is 1.79. The molecule has 1 N–H and O–H groups in total. The Hall–Kier alpha value is -1.32. The van der Waals surface area contributed by atoms with Crippen LogP contribution in [0.15, 0.2) is 4.52 Å². The van der Waals surface area contributed by atoms with Crippen LogP contribution in [-0.2, 0) is 5.41 Å². The Bertz CT molecular complexity index is 333. The summed E-state index contributed by atoms with van der Waals surface area (Å²) in [4.78, 5) is 10.9. The Morgan fingerprint density at radius 1 is 1.46 bits per heavy atom. The number of hydrogen-bond acceptors (Lipinski definition) is 3. The normalized spacial score (nSPS) is 11.7. The largest absolute Gasteiger partial charge is 0.477 e. The fourth-order valence-electron chi connectivity index (χ4n) is 1.14. The Morgan fingerprint density at radius 3 is 2.31 bits per heavy atom. The minimum Gasteiger partial charge on any atom is -0.477 e. The zero-order valence-electron chi connectivity index (χ0n) is 8.21. The van der Waals surface area contributed by atoms with Crippen molar-refractivity contribution in [2.45, 2.75) is 33.1 Å². The van der Waals surface area contributed by atoms with Crippen LogP contribution in [0.25, 0.3) is 0 Å². The van der Waals surface area contributed by atoms with Crippen LogP contribution in [-0.4, -0.2) is 16.2 Å². The van der Waals surface area contributed by atoms with Gasteiger partial charge in [0.15, 0.2) is 0 Å². The summed E-state index contributed by atoms with van der Waals surface area (Å²) in [5.41, 5.74) is 0.385. The van der Waals surface area contributed by atoms with Gasteiger partial charge < -0.3 is 9.63 Å². The van der Waals surface area contributed by atoms with E-state index < -0.39 is 5.97 Å². The average Bonchev–Trinajstić information content (AvgIpc) is 2.28. The second kappa shape index (κ2) is 2.87. The molecule has 0 aliphatic heterocycles. The van der Waals surface area contributed by atoms with E-state index in [-0.39, 0.29) is 11.0 Å². The van der Waals surface area contributed by atoms with Crippen molar-refractivity contribution >= 4 is 5.97 Å². The number of hydrogen-bond donors (Lipinski definition) is 1. The second-order valence-corrected chi connectivity index (χ2v) is 4.02. The molecule has 1 rings (SSSR count). The summed E-state index contributed by atoms with van der Waals surface area (Å²) in [6, 6.07) is 0. The Kier molecular flexibility index (Phi) is 2.15. The first kappa shape index (κ1) is 9.77. The van der Waals surface area contributed by atoms with Crippen LogP contribution in [0.2, 0.25) is 0 Å². The molecular weight excluding hydrogens is 170 g/mol. The van der Waals surface area contributed by atoms with Gasteiger partial charge in [0.1, 0.15) is 17.0 Å². The standard InChI is InChI=1S/C9H13NO3/c1-5-6(8(11)12)7(10-13-5)9(2,3)4/h1-4H3,(H,11,12). The molecule has 13 heavy (non-hydrogen) atoms. The van der Waals surface area contributed by atoms with Gasteiger partial charge in [-0.3, -0.25) is 0 Å². The number of aromatic nitrogens is 1. The smallest absolute Gasteiger partial charge is 0.341 e. The van der Waals surface area contributed by atoms with Crippen molar-refractivity contribution < 1.29 is 14.4 Å². The molecule has 0 aromatic carbocycles. The predicted octanol–water partition coefficient (Wildman–Crippen LogP) is 1.98. The molecule has 0 spiro atoms. The van der Waals surface area contributed by atoms with Crippen molar-refractivity contribution in [3.63, 3.8) is 0 Å². The second-order valence-electron chi connectivity index (χ2n) is 4.02. The SMILES string of the molecule is Cc1onc(C(C)(C)C)c1C(=O)O. The summed E-state index contributed by atoms with van der Waals surface area (Å²) in [6.45, 7) is 7.30. The number of rotatable bonds is 1. The molecular formula is C9H13NO3. The van der Waals surface area contributed by atoms with Crippen molar-refractivity contribution in [3.8, 4) is 0 Å². The number of carbonyl (C=O) groups is 1. The first-order valence-corrected chi connectivity index (χ1v) is 4.04. The zero-order valence-corrected chi connectivity index (χ0v) is 8.21. The molecule has 0 atom stereocenters. The van der Waals surface area contributed by atoms with Gasteiger partial charge in [-0.2, -0.15) is 0 Å². The van der Waals surface area contributed by atoms with Crippen molar-refractivity contribution in [1.29, 1.82) is 0 Å². The third kappa shape index (κ3) is 1.71. The quantitative estimate of drug-likeness (QED) is 0.723. The molecule has 0 radical (unpaired) electrons. The van der Waals surface area contributed by atoms with E-state index in [1.54, 1.807) is 6.92 Å². The summed E-state index contributed by atoms with van der Waals surface area (Å²) < 4.78 is 4.85. The summed E-state index contributed by atoms with van der Waals surface area (Å²) in [5, 5.41) is 12.7. The molecule has 72 valence electrons. The molecule has 0 amide bonds. The molecule has 0 aliphatic carbocycles. The van der Waals surface area contributed by atoms with E-state index in [1.165, 1.54) is 0 Å². The van der Waals surface area contributed by atoms with Gasteiger partial charge in [0.2, 0.25) is 0 Å². The van der Waals surface area contributed by atoms with E-state index in [0.717, 1.165) is 0 Å². The molecule has 1 heterocycles. The molecule has 0 aliphatic rings. The van der Waals surface area contributed by atoms with Gasteiger partial charge in [-0.1, -0.05) is 25.9 Å². The summed E-state index contributed by atoms with van der Waals surface area (Å²) >= 11 is 0. The highest BCUT2D eigenvalue weighted by molar-refractivity contribution is 5.90. The van der Waals surface area contributed by atoms with Gasteiger partial charge in [0.25, 0.3) is 0 Å². The van der Waals surface area contributed by atoms with E-state index in [0.29, 0.717) is 11.5 Å². The highest BCUT2D eigenvalue weighted by Gasteiger charge is 2.28. The first-order chi connectivity index (χ1) is 5.84.